The number of hydrogen-bond acceptors (Lipinski definition) is 3. The zero-order chi connectivity index (χ0) is 14.7. The standard InChI is InChI=1S/C16H13BrFNO2/c17-8-7-15-14-9-13(5-6-16(14)21-19-15)20-10-11-1-3-12(18)4-2-11/h1-6,9H,7-8,10H2. The van der Waals surface area contributed by atoms with Crippen LogP contribution in [0.15, 0.2) is 47.0 Å². The lowest BCUT2D eigenvalue weighted by Crippen LogP contribution is -1.95. The summed E-state index contributed by atoms with van der Waals surface area (Å²) in [7, 11) is 0. The Bertz CT molecular complexity index is 740. The molecule has 0 saturated heterocycles. The van der Waals surface area contributed by atoms with Gasteiger partial charge in [0.2, 0.25) is 0 Å². The normalized spacial score (nSPS) is 11.0. The maximum Gasteiger partial charge on any atom is 0.167 e. The van der Waals surface area contributed by atoms with E-state index in [1.165, 1.54) is 12.1 Å². The Kier molecular flexibility index (Phi) is 4.20. The Hall–Kier alpha value is -1.88. The lowest BCUT2D eigenvalue weighted by Gasteiger charge is -2.06. The maximum absolute atomic E-state index is 12.8. The molecule has 2 aromatic carbocycles. The average Bonchev–Trinajstić information content (AvgIpc) is 2.90. The van der Waals surface area contributed by atoms with E-state index in [1.54, 1.807) is 12.1 Å². The first-order valence-electron chi connectivity index (χ1n) is 6.58. The van der Waals surface area contributed by atoms with Gasteiger partial charge in [0, 0.05) is 17.1 Å². The number of benzene rings is 2. The van der Waals surface area contributed by atoms with Crippen molar-refractivity contribution in [3.8, 4) is 5.75 Å². The SMILES string of the molecule is Fc1ccc(COc2ccc3onc(CCBr)c3c2)cc1. The number of fused-ring (bicyclic) bond motifs is 1. The molecular weight excluding hydrogens is 337 g/mol. The number of nitrogens with zero attached hydrogens (tertiary/aromatic N) is 1. The summed E-state index contributed by atoms with van der Waals surface area (Å²) in [6.45, 7) is 0.394. The van der Waals surface area contributed by atoms with Gasteiger partial charge in [0.05, 0.1) is 5.69 Å². The molecule has 3 rings (SSSR count). The summed E-state index contributed by atoms with van der Waals surface area (Å²) in [5, 5.41) is 5.84. The number of aromatic nitrogens is 1. The third kappa shape index (κ3) is 3.24. The zero-order valence-electron chi connectivity index (χ0n) is 11.2. The third-order valence-electron chi connectivity index (χ3n) is 3.17. The molecule has 0 aliphatic heterocycles. The minimum absolute atomic E-state index is 0.246. The van der Waals surface area contributed by atoms with Gasteiger partial charge in [0.1, 0.15) is 18.2 Å². The summed E-state index contributed by atoms with van der Waals surface area (Å²) >= 11 is 3.40. The van der Waals surface area contributed by atoms with Gasteiger partial charge >= 0.3 is 0 Å². The molecule has 0 aliphatic carbocycles. The van der Waals surface area contributed by atoms with Gasteiger partial charge < -0.3 is 9.26 Å². The minimum atomic E-state index is -0.246. The van der Waals surface area contributed by atoms with E-state index in [0.29, 0.717) is 6.61 Å². The molecule has 0 spiro atoms. The number of ether oxygens (including phenoxy) is 1. The van der Waals surface area contributed by atoms with Crippen molar-refractivity contribution in [2.24, 2.45) is 0 Å². The van der Waals surface area contributed by atoms with E-state index >= 15 is 0 Å². The molecule has 108 valence electrons. The molecule has 0 fully saturated rings. The van der Waals surface area contributed by atoms with E-state index in [4.69, 9.17) is 9.26 Å². The van der Waals surface area contributed by atoms with Crippen molar-refractivity contribution in [1.82, 2.24) is 5.16 Å². The Morgan fingerprint density at radius 3 is 2.71 bits per heavy atom. The van der Waals surface area contributed by atoms with Crippen molar-refractivity contribution >= 4 is 26.9 Å². The number of alkyl halides is 1. The fourth-order valence-corrected chi connectivity index (χ4v) is 2.45. The molecule has 0 amide bonds. The van der Waals surface area contributed by atoms with Crippen LogP contribution in [-0.2, 0) is 13.0 Å². The molecule has 3 aromatic rings. The van der Waals surface area contributed by atoms with Crippen LogP contribution >= 0.6 is 15.9 Å². The second-order valence-corrected chi connectivity index (χ2v) is 5.43. The van der Waals surface area contributed by atoms with Crippen LogP contribution in [0.1, 0.15) is 11.3 Å². The molecular formula is C16H13BrFNO2. The first-order valence-corrected chi connectivity index (χ1v) is 7.70. The second kappa shape index (κ2) is 6.26. The van der Waals surface area contributed by atoms with E-state index in [1.807, 2.05) is 18.2 Å². The van der Waals surface area contributed by atoms with Gasteiger partial charge in [0.25, 0.3) is 0 Å². The highest BCUT2D eigenvalue weighted by atomic mass is 79.9. The van der Waals surface area contributed by atoms with Crippen LogP contribution in [0.25, 0.3) is 11.0 Å². The van der Waals surface area contributed by atoms with Crippen LogP contribution in [0.4, 0.5) is 4.39 Å². The van der Waals surface area contributed by atoms with Gasteiger partial charge in [0.15, 0.2) is 5.58 Å². The Morgan fingerprint density at radius 2 is 1.95 bits per heavy atom. The van der Waals surface area contributed by atoms with Crippen molar-refractivity contribution in [3.05, 3.63) is 59.5 Å². The Labute approximate surface area is 129 Å². The van der Waals surface area contributed by atoms with Crippen LogP contribution in [0.5, 0.6) is 5.75 Å². The summed E-state index contributed by atoms with van der Waals surface area (Å²) in [6.07, 6.45) is 0.800. The molecule has 21 heavy (non-hydrogen) atoms. The molecule has 0 unspecified atom stereocenters. The quantitative estimate of drug-likeness (QED) is 0.637. The number of aryl methyl sites for hydroxylation is 1. The number of hydrogen-bond donors (Lipinski definition) is 0. The highest BCUT2D eigenvalue weighted by Gasteiger charge is 2.09. The third-order valence-corrected chi connectivity index (χ3v) is 3.56. The lowest BCUT2D eigenvalue weighted by molar-refractivity contribution is 0.306. The molecule has 0 bridgehead atoms. The van der Waals surface area contributed by atoms with E-state index in [2.05, 4.69) is 21.1 Å². The Morgan fingerprint density at radius 1 is 1.14 bits per heavy atom. The van der Waals surface area contributed by atoms with Crippen LogP contribution in [0, 0.1) is 5.82 Å². The first kappa shape index (κ1) is 14.1. The molecule has 0 atom stereocenters. The summed E-state index contributed by atoms with van der Waals surface area (Å²) < 4.78 is 23.8. The average molecular weight is 350 g/mol. The van der Waals surface area contributed by atoms with Gasteiger partial charge in [-0.3, -0.25) is 0 Å². The fourth-order valence-electron chi connectivity index (χ4n) is 2.07. The summed E-state index contributed by atoms with van der Waals surface area (Å²) in [6, 6.07) is 11.9. The van der Waals surface area contributed by atoms with Gasteiger partial charge in [-0.2, -0.15) is 0 Å². The maximum atomic E-state index is 12.8. The van der Waals surface area contributed by atoms with Crippen molar-refractivity contribution in [3.63, 3.8) is 0 Å². The van der Waals surface area contributed by atoms with E-state index in [9.17, 15) is 4.39 Å². The summed E-state index contributed by atoms with van der Waals surface area (Å²) in [5.41, 5.74) is 2.58. The van der Waals surface area contributed by atoms with Gasteiger partial charge in [-0.05, 0) is 35.9 Å². The summed E-state index contributed by atoms with van der Waals surface area (Å²) in [5.74, 6) is 0.495. The minimum Gasteiger partial charge on any atom is -0.489 e. The highest BCUT2D eigenvalue weighted by molar-refractivity contribution is 9.09. The van der Waals surface area contributed by atoms with Crippen molar-refractivity contribution in [2.45, 2.75) is 13.0 Å². The molecule has 0 radical (unpaired) electrons. The van der Waals surface area contributed by atoms with E-state index in [0.717, 1.165) is 39.7 Å². The van der Waals surface area contributed by atoms with E-state index in [-0.39, 0.29) is 5.82 Å². The van der Waals surface area contributed by atoms with Gasteiger partial charge in [-0.15, -0.1) is 0 Å². The smallest absolute Gasteiger partial charge is 0.167 e. The zero-order valence-corrected chi connectivity index (χ0v) is 12.8. The fraction of sp³-hybridized carbons (Fsp3) is 0.188. The predicted molar refractivity (Wildman–Crippen MR) is 82.2 cm³/mol. The first-order chi connectivity index (χ1) is 10.3. The van der Waals surface area contributed by atoms with Crippen molar-refractivity contribution < 1.29 is 13.7 Å². The van der Waals surface area contributed by atoms with Crippen molar-refractivity contribution in [2.75, 3.05) is 5.33 Å². The van der Waals surface area contributed by atoms with Crippen LogP contribution in [-0.4, -0.2) is 10.5 Å². The van der Waals surface area contributed by atoms with Crippen LogP contribution in [0.2, 0.25) is 0 Å². The number of rotatable bonds is 5. The molecule has 3 nitrogen and oxygen atoms in total. The molecule has 1 aromatic heterocycles. The highest BCUT2D eigenvalue weighted by Crippen LogP contribution is 2.25. The molecule has 0 N–H and O–H groups in total. The van der Waals surface area contributed by atoms with Crippen LogP contribution in [0.3, 0.4) is 0 Å². The molecule has 1 heterocycles. The Balaban J connectivity index is 1.77. The largest absolute Gasteiger partial charge is 0.489 e. The topological polar surface area (TPSA) is 35.3 Å². The van der Waals surface area contributed by atoms with Crippen molar-refractivity contribution in [1.29, 1.82) is 0 Å². The monoisotopic (exact) mass is 349 g/mol. The second-order valence-electron chi connectivity index (χ2n) is 4.64. The molecule has 0 saturated carbocycles. The predicted octanol–water partition coefficient (Wildman–Crippen LogP) is 4.48. The van der Waals surface area contributed by atoms with Gasteiger partial charge in [-0.25, -0.2) is 4.39 Å². The number of halogens is 2. The summed E-state index contributed by atoms with van der Waals surface area (Å²) in [4.78, 5) is 0. The molecule has 0 aliphatic rings. The van der Waals surface area contributed by atoms with Gasteiger partial charge in [-0.1, -0.05) is 33.2 Å². The van der Waals surface area contributed by atoms with Crippen LogP contribution < -0.4 is 4.74 Å². The molecule has 5 heteroatoms. The lowest BCUT2D eigenvalue weighted by atomic mass is 10.2. The van der Waals surface area contributed by atoms with E-state index < -0.39 is 0 Å².